The molecule has 0 aliphatic heterocycles. The van der Waals surface area contributed by atoms with Crippen LogP contribution in [0.1, 0.15) is 30.3 Å². The quantitative estimate of drug-likeness (QED) is 0.620. The molecule has 3 aromatic rings. The number of amides is 1. The summed E-state index contributed by atoms with van der Waals surface area (Å²) >= 11 is 1.55. The highest BCUT2D eigenvalue weighted by Crippen LogP contribution is 2.32. The van der Waals surface area contributed by atoms with Gasteiger partial charge in [0, 0.05) is 12.1 Å². The predicted octanol–water partition coefficient (Wildman–Crippen LogP) is 3.67. The molecule has 6 nitrogen and oxygen atoms in total. The van der Waals surface area contributed by atoms with Crippen LogP contribution in [0.4, 0.5) is 0 Å². The van der Waals surface area contributed by atoms with Crippen LogP contribution in [-0.2, 0) is 9.53 Å². The van der Waals surface area contributed by atoms with Gasteiger partial charge in [-0.2, -0.15) is 5.10 Å². The third-order valence-corrected chi connectivity index (χ3v) is 5.64. The number of aromatic nitrogens is 2. The summed E-state index contributed by atoms with van der Waals surface area (Å²) in [6.45, 7) is 1.68. The van der Waals surface area contributed by atoms with E-state index in [2.05, 4.69) is 10.4 Å². The summed E-state index contributed by atoms with van der Waals surface area (Å²) in [6.07, 6.45) is 2.28. The third kappa shape index (κ3) is 4.14. The second-order valence-electron chi connectivity index (χ2n) is 6.91. The molecule has 1 aromatic carbocycles. The molecule has 0 spiro atoms. The van der Waals surface area contributed by atoms with Gasteiger partial charge in [-0.15, -0.1) is 11.3 Å². The maximum Gasteiger partial charge on any atom is 0.357 e. The number of benzene rings is 1. The number of para-hydroxylation sites is 1. The monoisotopic (exact) mass is 395 g/mol. The molecule has 0 saturated heterocycles. The van der Waals surface area contributed by atoms with E-state index in [0.29, 0.717) is 11.6 Å². The van der Waals surface area contributed by atoms with Crippen LogP contribution in [0, 0.1) is 5.92 Å². The summed E-state index contributed by atoms with van der Waals surface area (Å²) in [6, 6.07) is 15.1. The fourth-order valence-electron chi connectivity index (χ4n) is 3.05. The van der Waals surface area contributed by atoms with Crippen molar-refractivity contribution in [2.24, 2.45) is 5.92 Å². The average Bonchev–Trinajstić information content (AvgIpc) is 3.24. The summed E-state index contributed by atoms with van der Waals surface area (Å²) in [5, 5.41) is 9.42. The van der Waals surface area contributed by atoms with Gasteiger partial charge >= 0.3 is 5.97 Å². The zero-order valence-corrected chi connectivity index (χ0v) is 16.3. The van der Waals surface area contributed by atoms with E-state index in [1.807, 2.05) is 54.8 Å². The molecule has 0 radical (unpaired) electrons. The Kier molecular flexibility index (Phi) is 5.25. The number of rotatable bonds is 7. The van der Waals surface area contributed by atoms with Gasteiger partial charge in [0.15, 0.2) is 12.3 Å². The van der Waals surface area contributed by atoms with E-state index in [-0.39, 0.29) is 24.2 Å². The third-order valence-electron chi connectivity index (χ3n) is 4.75. The van der Waals surface area contributed by atoms with Crippen LogP contribution in [0.3, 0.4) is 0 Å². The van der Waals surface area contributed by atoms with Gasteiger partial charge in [0.05, 0.1) is 10.6 Å². The van der Waals surface area contributed by atoms with Crippen molar-refractivity contribution in [3.05, 3.63) is 59.6 Å². The number of esters is 1. The van der Waals surface area contributed by atoms with Gasteiger partial charge in [0.25, 0.3) is 5.91 Å². The molecule has 144 valence electrons. The van der Waals surface area contributed by atoms with Crippen LogP contribution in [0.5, 0.6) is 0 Å². The van der Waals surface area contributed by atoms with E-state index < -0.39 is 5.97 Å². The molecule has 28 heavy (non-hydrogen) atoms. The van der Waals surface area contributed by atoms with Gasteiger partial charge in [-0.05, 0) is 49.3 Å². The number of carbonyl (C=O) groups is 2. The SMILES string of the molecule is C[C@@H](NC(=O)COC(=O)c1cc(-c2cccs2)nn1-c1ccccc1)C1CC1. The number of nitrogens with one attached hydrogen (secondary N) is 1. The van der Waals surface area contributed by atoms with Crippen molar-refractivity contribution in [2.45, 2.75) is 25.8 Å². The van der Waals surface area contributed by atoms with Gasteiger partial charge < -0.3 is 10.1 Å². The lowest BCUT2D eigenvalue weighted by Crippen LogP contribution is -2.37. The summed E-state index contributed by atoms with van der Waals surface area (Å²) < 4.78 is 6.83. The number of hydrogen-bond acceptors (Lipinski definition) is 5. The molecule has 1 fully saturated rings. The van der Waals surface area contributed by atoms with Gasteiger partial charge in [-0.25, -0.2) is 9.48 Å². The lowest BCUT2D eigenvalue weighted by molar-refractivity contribution is -0.125. The van der Waals surface area contributed by atoms with Crippen molar-refractivity contribution in [3.8, 4) is 16.3 Å². The van der Waals surface area contributed by atoms with Gasteiger partial charge in [-0.1, -0.05) is 24.3 Å². The molecular weight excluding hydrogens is 374 g/mol. The number of thiophene rings is 1. The molecule has 1 atom stereocenters. The number of ether oxygens (including phenoxy) is 1. The maximum atomic E-state index is 12.7. The summed E-state index contributed by atoms with van der Waals surface area (Å²) in [5.74, 6) is -0.307. The second-order valence-corrected chi connectivity index (χ2v) is 7.86. The minimum Gasteiger partial charge on any atom is -0.451 e. The molecule has 1 saturated carbocycles. The van der Waals surface area contributed by atoms with Crippen molar-refractivity contribution in [1.29, 1.82) is 0 Å². The summed E-state index contributed by atoms with van der Waals surface area (Å²) in [4.78, 5) is 25.7. The van der Waals surface area contributed by atoms with Crippen LogP contribution < -0.4 is 5.32 Å². The van der Waals surface area contributed by atoms with Crippen molar-refractivity contribution >= 4 is 23.2 Å². The first-order valence-corrected chi connectivity index (χ1v) is 10.2. The Morgan fingerprint density at radius 2 is 2.04 bits per heavy atom. The minimum absolute atomic E-state index is 0.117. The van der Waals surface area contributed by atoms with E-state index in [9.17, 15) is 9.59 Å². The number of nitrogens with zero attached hydrogens (tertiary/aromatic N) is 2. The van der Waals surface area contributed by atoms with E-state index in [0.717, 1.165) is 23.4 Å². The smallest absolute Gasteiger partial charge is 0.357 e. The average molecular weight is 395 g/mol. The highest BCUT2D eigenvalue weighted by molar-refractivity contribution is 7.13. The standard InChI is InChI=1S/C21H21N3O3S/c1-14(15-9-10-15)22-20(25)13-27-21(26)18-12-17(19-8-5-11-28-19)23-24(18)16-6-3-2-4-7-16/h2-8,11-12,14-15H,9-10,13H2,1H3,(H,22,25)/t14-/m1/s1. The zero-order chi connectivity index (χ0) is 19.5. The lowest BCUT2D eigenvalue weighted by atomic mass is 10.2. The molecule has 1 amide bonds. The predicted molar refractivity (Wildman–Crippen MR) is 107 cm³/mol. The van der Waals surface area contributed by atoms with Crippen LogP contribution in [0.2, 0.25) is 0 Å². The summed E-state index contributed by atoms with van der Waals surface area (Å²) in [5.41, 5.74) is 1.74. The fraction of sp³-hybridized carbons (Fsp3) is 0.286. The highest BCUT2D eigenvalue weighted by Gasteiger charge is 2.29. The second kappa shape index (κ2) is 7.98. The van der Waals surface area contributed by atoms with E-state index in [4.69, 9.17) is 4.74 Å². The van der Waals surface area contributed by atoms with Gasteiger partial charge in [0.1, 0.15) is 5.69 Å². The molecular formula is C21H21N3O3S. The Morgan fingerprint density at radius 1 is 1.25 bits per heavy atom. The summed E-state index contributed by atoms with van der Waals surface area (Å²) in [7, 11) is 0. The molecule has 1 N–H and O–H groups in total. The van der Waals surface area contributed by atoms with Crippen LogP contribution in [0.25, 0.3) is 16.3 Å². The van der Waals surface area contributed by atoms with Crippen molar-refractivity contribution in [1.82, 2.24) is 15.1 Å². The van der Waals surface area contributed by atoms with Crippen LogP contribution in [-0.4, -0.2) is 34.3 Å². The molecule has 2 aromatic heterocycles. The van der Waals surface area contributed by atoms with Gasteiger partial charge in [0.2, 0.25) is 0 Å². The number of carbonyl (C=O) groups excluding carboxylic acids is 2. The lowest BCUT2D eigenvalue weighted by Gasteiger charge is -2.13. The highest BCUT2D eigenvalue weighted by atomic mass is 32.1. The van der Waals surface area contributed by atoms with Crippen molar-refractivity contribution in [3.63, 3.8) is 0 Å². The molecule has 0 bridgehead atoms. The minimum atomic E-state index is -0.576. The Hall–Kier alpha value is -2.93. The molecule has 1 aliphatic carbocycles. The number of hydrogen-bond donors (Lipinski definition) is 1. The van der Waals surface area contributed by atoms with Gasteiger partial charge in [-0.3, -0.25) is 4.79 Å². The largest absolute Gasteiger partial charge is 0.451 e. The molecule has 1 aliphatic rings. The van der Waals surface area contributed by atoms with Crippen molar-refractivity contribution in [2.75, 3.05) is 6.61 Å². The first-order valence-electron chi connectivity index (χ1n) is 9.27. The molecule has 0 unspecified atom stereocenters. The van der Waals surface area contributed by atoms with Crippen molar-refractivity contribution < 1.29 is 14.3 Å². The Balaban J connectivity index is 1.52. The van der Waals surface area contributed by atoms with Crippen LogP contribution >= 0.6 is 11.3 Å². The van der Waals surface area contributed by atoms with E-state index in [1.165, 1.54) is 0 Å². The first kappa shape index (κ1) is 18.4. The molecule has 7 heteroatoms. The van der Waals surface area contributed by atoms with E-state index in [1.54, 1.807) is 22.1 Å². The normalized spacial score (nSPS) is 14.5. The zero-order valence-electron chi connectivity index (χ0n) is 15.5. The van der Waals surface area contributed by atoms with Crippen LogP contribution in [0.15, 0.2) is 53.9 Å². The fourth-order valence-corrected chi connectivity index (χ4v) is 3.73. The Bertz CT molecular complexity index is 962. The molecule has 4 rings (SSSR count). The maximum absolute atomic E-state index is 12.7. The Morgan fingerprint density at radius 3 is 2.71 bits per heavy atom. The molecule has 2 heterocycles. The first-order chi connectivity index (χ1) is 13.6. The van der Waals surface area contributed by atoms with E-state index >= 15 is 0 Å². The topological polar surface area (TPSA) is 73.2 Å². The Labute approximate surface area is 167 Å².